The van der Waals surface area contributed by atoms with Crippen LogP contribution in [0.15, 0.2) is 24.3 Å². The molecule has 0 spiro atoms. The van der Waals surface area contributed by atoms with Gasteiger partial charge in [0.05, 0.1) is 12.5 Å². The van der Waals surface area contributed by atoms with Crippen molar-refractivity contribution in [3.05, 3.63) is 29.8 Å². The molecule has 0 aliphatic carbocycles. The van der Waals surface area contributed by atoms with Crippen molar-refractivity contribution in [1.82, 2.24) is 4.90 Å². The number of carbonyl (C=O) groups is 2. The Labute approximate surface area is 123 Å². The maximum absolute atomic E-state index is 12.4. The van der Waals surface area contributed by atoms with Gasteiger partial charge in [-0.2, -0.15) is 0 Å². The first-order chi connectivity index (χ1) is 10.1. The molecule has 1 aliphatic rings. The number of ether oxygens (including phenoxy) is 2. The van der Waals surface area contributed by atoms with Gasteiger partial charge in [-0.3, -0.25) is 9.59 Å². The summed E-state index contributed by atoms with van der Waals surface area (Å²) in [4.78, 5) is 24.9. The molecule has 1 N–H and O–H groups in total. The Kier molecular flexibility index (Phi) is 5.16. The summed E-state index contributed by atoms with van der Waals surface area (Å²) in [7, 11) is 1.59. The number of carboxylic acids is 1. The molecule has 21 heavy (non-hydrogen) atoms. The summed E-state index contributed by atoms with van der Waals surface area (Å²) in [5.74, 6) is -0.861. The highest BCUT2D eigenvalue weighted by Crippen LogP contribution is 2.21. The van der Waals surface area contributed by atoms with Crippen molar-refractivity contribution >= 4 is 11.9 Å². The van der Waals surface area contributed by atoms with E-state index in [0.717, 1.165) is 0 Å². The van der Waals surface area contributed by atoms with Gasteiger partial charge in [-0.25, -0.2) is 0 Å². The molecule has 1 atom stereocenters. The highest BCUT2D eigenvalue weighted by atomic mass is 16.5. The van der Waals surface area contributed by atoms with Crippen LogP contribution in [0.4, 0.5) is 0 Å². The van der Waals surface area contributed by atoms with Crippen LogP contribution in [0.5, 0.6) is 5.75 Å². The van der Waals surface area contributed by atoms with E-state index in [1.165, 1.54) is 0 Å². The first-order valence-electron chi connectivity index (χ1n) is 6.85. The fourth-order valence-corrected chi connectivity index (χ4v) is 2.29. The number of benzene rings is 1. The second-order valence-corrected chi connectivity index (χ2v) is 4.94. The Morgan fingerprint density at radius 2 is 2.19 bits per heavy atom. The van der Waals surface area contributed by atoms with Gasteiger partial charge in [-0.1, -0.05) is 6.07 Å². The van der Waals surface area contributed by atoms with Crippen LogP contribution in [-0.4, -0.2) is 55.3 Å². The van der Waals surface area contributed by atoms with Crippen molar-refractivity contribution in [2.45, 2.75) is 6.42 Å². The van der Waals surface area contributed by atoms with Gasteiger partial charge in [-0.15, -0.1) is 0 Å². The van der Waals surface area contributed by atoms with Gasteiger partial charge in [0.25, 0.3) is 5.91 Å². The summed E-state index contributed by atoms with van der Waals surface area (Å²) in [6.07, 6.45) is 0.505. The first-order valence-corrected chi connectivity index (χ1v) is 6.85. The monoisotopic (exact) mass is 293 g/mol. The van der Waals surface area contributed by atoms with E-state index in [1.54, 1.807) is 36.3 Å². The number of nitrogens with zero attached hydrogens (tertiary/aromatic N) is 1. The molecular weight excluding hydrogens is 274 g/mol. The zero-order chi connectivity index (χ0) is 15.2. The van der Waals surface area contributed by atoms with E-state index < -0.39 is 11.9 Å². The third kappa shape index (κ3) is 3.95. The van der Waals surface area contributed by atoms with Crippen molar-refractivity contribution in [3.63, 3.8) is 0 Å². The van der Waals surface area contributed by atoms with Crippen molar-refractivity contribution in [1.29, 1.82) is 0 Å². The van der Waals surface area contributed by atoms with E-state index in [-0.39, 0.29) is 12.5 Å². The molecule has 6 nitrogen and oxygen atoms in total. The van der Waals surface area contributed by atoms with Gasteiger partial charge in [-0.05, 0) is 24.6 Å². The van der Waals surface area contributed by atoms with E-state index in [9.17, 15) is 9.59 Å². The molecule has 1 heterocycles. The zero-order valence-corrected chi connectivity index (χ0v) is 11.9. The molecule has 0 bridgehead atoms. The summed E-state index contributed by atoms with van der Waals surface area (Å²) in [6, 6.07) is 6.91. The minimum absolute atomic E-state index is 0.157. The van der Waals surface area contributed by atoms with E-state index >= 15 is 0 Å². The average Bonchev–Trinajstić information content (AvgIpc) is 2.97. The summed E-state index contributed by atoms with van der Waals surface area (Å²) >= 11 is 0. The molecule has 1 aliphatic heterocycles. The van der Waals surface area contributed by atoms with Crippen molar-refractivity contribution in [2.75, 3.05) is 33.4 Å². The Hall–Kier alpha value is -2.08. The van der Waals surface area contributed by atoms with Crippen LogP contribution >= 0.6 is 0 Å². The molecule has 1 amide bonds. The number of likely N-dealkylation sites (tertiary alicyclic amines) is 1. The van der Waals surface area contributed by atoms with Crippen LogP contribution in [0, 0.1) is 5.92 Å². The minimum Gasteiger partial charge on any atom is -0.491 e. The Morgan fingerprint density at radius 3 is 2.86 bits per heavy atom. The maximum Gasteiger partial charge on any atom is 0.308 e. The summed E-state index contributed by atoms with van der Waals surface area (Å²) in [5, 5.41) is 8.98. The number of aliphatic carboxylic acids is 1. The molecule has 0 radical (unpaired) electrons. The molecule has 1 fully saturated rings. The lowest BCUT2D eigenvalue weighted by molar-refractivity contribution is -0.141. The maximum atomic E-state index is 12.4. The highest BCUT2D eigenvalue weighted by molar-refractivity contribution is 5.95. The van der Waals surface area contributed by atoms with Crippen LogP contribution in [0.2, 0.25) is 0 Å². The van der Waals surface area contributed by atoms with E-state index in [1.807, 2.05) is 0 Å². The lowest BCUT2D eigenvalue weighted by Gasteiger charge is -2.16. The first kappa shape index (κ1) is 15.3. The number of carbonyl (C=O) groups excluding carboxylic acids is 1. The van der Waals surface area contributed by atoms with Crippen LogP contribution in [0.1, 0.15) is 16.8 Å². The largest absolute Gasteiger partial charge is 0.491 e. The smallest absolute Gasteiger partial charge is 0.308 e. The molecule has 1 saturated heterocycles. The van der Waals surface area contributed by atoms with Crippen LogP contribution in [0.3, 0.4) is 0 Å². The lowest BCUT2D eigenvalue weighted by Crippen LogP contribution is -2.29. The number of hydrogen-bond acceptors (Lipinski definition) is 4. The van der Waals surface area contributed by atoms with Crippen LogP contribution < -0.4 is 4.74 Å². The van der Waals surface area contributed by atoms with Crippen molar-refractivity contribution < 1.29 is 24.2 Å². The number of methoxy groups -OCH3 is 1. The third-order valence-corrected chi connectivity index (χ3v) is 3.46. The lowest BCUT2D eigenvalue weighted by atomic mass is 10.1. The SMILES string of the molecule is COCCOc1cccc(C(=O)N2CC[C@H](C(=O)O)C2)c1. The second-order valence-electron chi connectivity index (χ2n) is 4.94. The molecule has 2 rings (SSSR count). The quantitative estimate of drug-likeness (QED) is 0.799. The summed E-state index contributed by atoms with van der Waals surface area (Å²) in [5.41, 5.74) is 0.510. The van der Waals surface area contributed by atoms with Gasteiger partial charge < -0.3 is 19.5 Å². The normalized spacial score (nSPS) is 17.8. The fraction of sp³-hybridized carbons (Fsp3) is 0.467. The summed E-state index contributed by atoms with van der Waals surface area (Å²) < 4.78 is 10.4. The van der Waals surface area contributed by atoms with E-state index in [2.05, 4.69) is 0 Å². The molecule has 1 aromatic rings. The molecule has 0 aromatic heterocycles. The molecule has 1 aromatic carbocycles. The molecule has 6 heteroatoms. The van der Waals surface area contributed by atoms with Gasteiger partial charge in [0, 0.05) is 25.8 Å². The molecule has 114 valence electrons. The predicted octanol–water partition coefficient (Wildman–Crippen LogP) is 1.26. The average molecular weight is 293 g/mol. The second kappa shape index (κ2) is 7.08. The Balaban J connectivity index is 1.99. The molecular formula is C15H19NO5. The van der Waals surface area contributed by atoms with Gasteiger partial charge >= 0.3 is 5.97 Å². The Morgan fingerprint density at radius 1 is 1.38 bits per heavy atom. The van der Waals surface area contributed by atoms with Crippen molar-refractivity contribution in [3.8, 4) is 5.75 Å². The van der Waals surface area contributed by atoms with E-state index in [0.29, 0.717) is 37.5 Å². The highest BCUT2D eigenvalue weighted by Gasteiger charge is 2.31. The Bertz CT molecular complexity index is 517. The molecule has 0 saturated carbocycles. The van der Waals surface area contributed by atoms with Crippen LogP contribution in [-0.2, 0) is 9.53 Å². The van der Waals surface area contributed by atoms with E-state index in [4.69, 9.17) is 14.6 Å². The minimum atomic E-state index is -0.845. The number of hydrogen-bond donors (Lipinski definition) is 1. The van der Waals surface area contributed by atoms with Crippen molar-refractivity contribution in [2.24, 2.45) is 5.92 Å². The zero-order valence-electron chi connectivity index (χ0n) is 11.9. The fourth-order valence-electron chi connectivity index (χ4n) is 2.29. The molecule has 0 unspecified atom stereocenters. The topological polar surface area (TPSA) is 76.1 Å². The number of carboxylic acid groups (broad SMARTS) is 1. The van der Waals surface area contributed by atoms with Crippen LogP contribution in [0.25, 0.3) is 0 Å². The van der Waals surface area contributed by atoms with Gasteiger partial charge in [0.2, 0.25) is 0 Å². The summed E-state index contributed by atoms with van der Waals surface area (Å²) in [6.45, 7) is 1.64. The number of rotatable bonds is 6. The van der Waals surface area contributed by atoms with Gasteiger partial charge in [0.15, 0.2) is 0 Å². The third-order valence-electron chi connectivity index (χ3n) is 3.46. The van der Waals surface area contributed by atoms with Gasteiger partial charge in [0.1, 0.15) is 12.4 Å². The predicted molar refractivity (Wildman–Crippen MR) is 75.5 cm³/mol. The standard InChI is InChI=1S/C15H19NO5/c1-20-7-8-21-13-4-2-3-11(9-13)14(17)16-6-5-12(10-16)15(18)19/h2-4,9,12H,5-8,10H2,1H3,(H,18,19)/t12-/m0/s1. The number of amides is 1.